The smallest absolute Gasteiger partial charge is 0.271 e. The van der Waals surface area contributed by atoms with E-state index in [1.807, 2.05) is 0 Å². The number of rotatable bonds is 3. The van der Waals surface area contributed by atoms with E-state index in [0.29, 0.717) is 24.5 Å². The van der Waals surface area contributed by atoms with Crippen LogP contribution < -0.4 is 5.43 Å². The topological polar surface area (TPSA) is 74.6 Å². The van der Waals surface area contributed by atoms with Gasteiger partial charge in [0.25, 0.3) is 5.91 Å². The van der Waals surface area contributed by atoms with Crippen LogP contribution in [0.2, 0.25) is 0 Å². The van der Waals surface area contributed by atoms with E-state index in [1.54, 1.807) is 18.2 Å². The fourth-order valence-electron chi connectivity index (χ4n) is 1.44. The van der Waals surface area contributed by atoms with Crippen LogP contribution in [0.15, 0.2) is 49.1 Å². The van der Waals surface area contributed by atoms with Gasteiger partial charge in [-0.15, -0.1) is 0 Å². The van der Waals surface area contributed by atoms with Crippen molar-refractivity contribution < 1.29 is 9.90 Å². The Hall–Kier alpha value is -1.25. The van der Waals surface area contributed by atoms with Crippen molar-refractivity contribution in [2.24, 2.45) is 5.10 Å². The number of aromatic hydroxyl groups is 1. The van der Waals surface area contributed by atoms with Crippen molar-refractivity contribution in [1.82, 2.24) is 10.4 Å². The van der Waals surface area contributed by atoms with Crippen molar-refractivity contribution in [2.45, 2.75) is 0 Å². The molecule has 0 unspecified atom stereocenters. The first-order chi connectivity index (χ1) is 10.0. The van der Waals surface area contributed by atoms with Crippen molar-refractivity contribution in [2.75, 3.05) is 0 Å². The summed E-state index contributed by atoms with van der Waals surface area (Å²) in [6.07, 6.45) is 4.48. The molecule has 5 nitrogen and oxygen atoms in total. The predicted molar refractivity (Wildman–Crippen MR) is 90.5 cm³/mol. The van der Waals surface area contributed by atoms with Gasteiger partial charge in [0.15, 0.2) is 0 Å². The van der Waals surface area contributed by atoms with Gasteiger partial charge in [0.2, 0.25) is 0 Å². The van der Waals surface area contributed by atoms with Crippen LogP contribution in [0.5, 0.6) is 5.75 Å². The average molecular weight is 478 g/mol. The summed E-state index contributed by atoms with van der Waals surface area (Å²) in [5.74, 6) is -0.290. The van der Waals surface area contributed by atoms with Crippen molar-refractivity contribution >= 4 is 59.9 Å². The molecule has 2 rings (SSSR count). The Morgan fingerprint density at radius 1 is 1.24 bits per heavy atom. The number of amides is 1. The van der Waals surface area contributed by atoms with Gasteiger partial charge in [-0.05, 0) is 50.1 Å². The van der Waals surface area contributed by atoms with Crippen molar-refractivity contribution in [1.29, 1.82) is 0 Å². The maximum Gasteiger partial charge on any atom is 0.271 e. The number of phenolic OH excluding ortho intramolecular Hbond substituents is 1. The summed E-state index contributed by atoms with van der Waals surface area (Å²) in [6.45, 7) is 0. The molecule has 0 saturated heterocycles. The lowest BCUT2D eigenvalue weighted by Gasteiger charge is -2.06. The molecule has 1 aromatic heterocycles. The zero-order valence-corrected chi connectivity index (χ0v) is 15.1. The van der Waals surface area contributed by atoms with Crippen molar-refractivity contribution in [3.63, 3.8) is 0 Å². The van der Waals surface area contributed by atoms with Gasteiger partial charge in [-0.2, -0.15) is 5.10 Å². The number of hydrogen-bond acceptors (Lipinski definition) is 4. The SMILES string of the molecule is O=C(N/N=C\c1c(Br)cc(Br)c(O)c1Br)c1ccncc1. The zero-order chi connectivity index (χ0) is 15.4. The third kappa shape index (κ3) is 3.90. The molecule has 0 spiro atoms. The summed E-state index contributed by atoms with van der Waals surface area (Å²) in [5.41, 5.74) is 3.46. The number of aromatic nitrogens is 1. The van der Waals surface area contributed by atoms with Gasteiger partial charge >= 0.3 is 0 Å². The number of phenols is 1. The largest absolute Gasteiger partial charge is 0.506 e. The van der Waals surface area contributed by atoms with Gasteiger partial charge in [-0.1, -0.05) is 15.9 Å². The van der Waals surface area contributed by atoms with Crippen molar-refractivity contribution in [3.8, 4) is 5.75 Å². The van der Waals surface area contributed by atoms with Gasteiger partial charge in [0.05, 0.1) is 15.2 Å². The molecule has 21 heavy (non-hydrogen) atoms. The van der Waals surface area contributed by atoms with Gasteiger partial charge in [-0.3, -0.25) is 9.78 Å². The molecule has 108 valence electrons. The lowest BCUT2D eigenvalue weighted by atomic mass is 10.2. The molecular formula is C13H8Br3N3O2. The maximum absolute atomic E-state index is 11.8. The number of halogens is 3. The highest BCUT2D eigenvalue weighted by Crippen LogP contribution is 2.38. The van der Waals surface area contributed by atoms with E-state index < -0.39 is 0 Å². The molecule has 1 amide bonds. The van der Waals surface area contributed by atoms with E-state index in [4.69, 9.17) is 0 Å². The van der Waals surface area contributed by atoms with E-state index >= 15 is 0 Å². The number of hydrazone groups is 1. The Labute approximate surface area is 145 Å². The molecule has 0 aliphatic heterocycles. The highest BCUT2D eigenvalue weighted by atomic mass is 79.9. The standard InChI is InChI=1S/C13H8Br3N3O2/c14-9-5-10(15)12(20)11(16)8(9)6-18-19-13(21)7-1-3-17-4-2-7/h1-6,20H,(H,19,21)/b18-6-. The molecule has 0 atom stereocenters. The second kappa shape index (κ2) is 7.15. The molecule has 0 aliphatic carbocycles. The molecule has 1 aromatic carbocycles. The van der Waals surface area contributed by atoms with Gasteiger partial charge in [0.1, 0.15) is 5.75 Å². The monoisotopic (exact) mass is 475 g/mol. The minimum absolute atomic E-state index is 0.0557. The average Bonchev–Trinajstić information content (AvgIpc) is 2.49. The number of benzene rings is 1. The third-order valence-corrected chi connectivity index (χ3v) is 4.55. The van der Waals surface area contributed by atoms with Gasteiger partial charge in [0, 0.05) is 28.0 Å². The Morgan fingerprint density at radius 3 is 2.57 bits per heavy atom. The molecule has 0 fully saturated rings. The number of nitrogens with one attached hydrogen (secondary N) is 1. The quantitative estimate of drug-likeness (QED) is 0.521. The van der Waals surface area contributed by atoms with Gasteiger partial charge in [-0.25, -0.2) is 5.43 Å². The number of nitrogens with zero attached hydrogens (tertiary/aromatic N) is 2. The molecule has 2 aromatic rings. The Kier molecular flexibility index (Phi) is 5.49. The summed E-state index contributed by atoms with van der Waals surface area (Å²) in [6, 6.07) is 4.86. The van der Waals surface area contributed by atoms with E-state index in [0.717, 1.165) is 0 Å². The first kappa shape index (κ1) is 16.1. The normalized spacial score (nSPS) is 10.8. The maximum atomic E-state index is 11.8. The Bertz CT molecular complexity index is 706. The van der Waals surface area contributed by atoms with Crippen LogP contribution in [0, 0.1) is 0 Å². The van der Waals surface area contributed by atoms with E-state index in [2.05, 4.69) is 63.3 Å². The number of carbonyl (C=O) groups is 1. The molecule has 0 radical (unpaired) electrons. The number of pyridine rings is 1. The third-order valence-electron chi connectivity index (χ3n) is 2.48. The minimum atomic E-state index is -0.345. The van der Waals surface area contributed by atoms with Crippen LogP contribution in [0.1, 0.15) is 15.9 Å². The number of hydrogen-bond donors (Lipinski definition) is 2. The summed E-state index contributed by atoms with van der Waals surface area (Å²) >= 11 is 9.86. The fraction of sp³-hybridized carbons (Fsp3) is 0. The van der Waals surface area contributed by atoms with Gasteiger partial charge < -0.3 is 5.11 Å². The molecule has 0 bridgehead atoms. The summed E-state index contributed by atoms with van der Waals surface area (Å²) < 4.78 is 1.71. The lowest BCUT2D eigenvalue weighted by Crippen LogP contribution is -2.17. The van der Waals surface area contributed by atoms with Crippen LogP contribution in [-0.2, 0) is 0 Å². The van der Waals surface area contributed by atoms with Crippen LogP contribution in [0.25, 0.3) is 0 Å². The highest BCUT2D eigenvalue weighted by molar-refractivity contribution is 9.11. The summed E-state index contributed by atoms with van der Waals surface area (Å²) in [5, 5.41) is 13.7. The summed E-state index contributed by atoms with van der Waals surface area (Å²) in [7, 11) is 0. The molecule has 1 heterocycles. The second-order valence-electron chi connectivity index (χ2n) is 3.85. The minimum Gasteiger partial charge on any atom is -0.506 e. The first-order valence-electron chi connectivity index (χ1n) is 5.60. The van der Waals surface area contributed by atoms with E-state index in [-0.39, 0.29) is 11.7 Å². The summed E-state index contributed by atoms with van der Waals surface area (Å²) in [4.78, 5) is 15.6. The lowest BCUT2D eigenvalue weighted by molar-refractivity contribution is 0.0955. The zero-order valence-electron chi connectivity index (χ0n) is 10.3. The van der Waals surface area contributed by atoms with Crippen molar-refractivity contribution in [3.05, 3.63) is 55.1 Å². The Morgan fingerprint density at radius 2 is 1.90 bits per heavy atom. The van der Waals surface area contributed by atoms with Crippen LogP contribution in [-0.4, -0.2) is 22.2 Å². The molecular weight excluding hydrogens is 470 g/mol. The molecule has 8 heteroatoms. The second-order valence-corrected chi connectivity index (χ2v) is 6.35. The van der Waals surface area contributed by atoms with E-state index in [9.17, 15) is 9.90 Å². The highest BCUT2D eigenvalue weighted by Gasteiger charge is 2.12. The Balaban J connectivity index is 2.16. The molecule has 2 N–H and O–H groups in total. The van der Waals surface area contributed by atoms with Crippen LogP contribution in [0.4, 0.5) is 0 Å². The number of carbonyl (C=O) groups excluding carboxylic acids is 1. The predicted octanol–water partition coefficient (Wildman–Crippen LogP) is 3.84. The first-order valence-corrected chi connectivity index (χ1v) is 7.98. The van der Waals surface area contributed by atoms with Crippen LogP contribution in [0.3, 0.4) is 0 Å². The molecule has 0 aliphatic rings. The van der Waals surface area contributed by atoms with E-state index in [1.165, 1.54) is 18.6 Å². The fourth-order valence-corrected chi connectivity index (χ4v) is 3.76. The molecule has 0 saturated carbocycles. The van der Waals surface area contributed by atoms with Crippen LogP contribution >= 0.6 is 47.8 Å².